The van der Waals surface area contributed by atoms with Gasteiger partial charge in [-0.3, -0.25) is 4.90 Å². The Bertz CT molecular complexity index is 406. The van der Waals surface area contributed by atoms with E-state index >= 15 is 0 Å². The molecule has 0 unspecified atom stereocenters. The highest BCUT2D eigenvalue weighted by atomic mass is 16.5. The maximum Gasteiger partial charge on any atom is 0.119 e. The molecule has 0 spiro atoms. The zero-order chi connectivity index (χ0) is 14.8. The predicted molar refractivity (Wildman–Crippen MR) is 84.9 cm³/mol. The number of nitrogens with one attached hydrogen (secondary N) is 1. The topological polar surface area (TPSA) is 24.5 Å². The minimum absolute atomic E-state index is 0.502. The third-order valence-electron chi connectivity index (χ3n) is 3.08. The highest BCUT2D eigenvalue weighted by Gasteiger charge is 2.01. The van der Waals surface area contributed by atoms with Crippen molar-refractivity contribution < 1.29 is 4.74 Å². The average molecular weight is 274 g/mol. The highest BCUT2D eigenvalue weighted by Crippen LogP contribution is 2.12. The van der Waals surface area contributed by atoms with E-state index in [0.717, 1.165) is 25.4 Å². The number of ether oxygens (including phenoxy) is 1. The van der Waals surface area contributed by atoms with Crippen LogP contribution in [0.5, 0.6) is 5.75 Å². The van der Waals surface area contributed by atoms with E-state index in [4.69, 9.17) is 11.2 Å². The number of rotatable bonds is 9. The fourth-order valence-electron chi connectivity index (χ4n) is 1.80. The molecule has 0 aromatic heterocycles. The zero-order valence-corrected chi connectivity index (χ0v) is 12.9. The van der Waals surface area contributed by atoms with E-state index in [-0.39, 0.29) is 0 Å². The SMILES string of the molecule is C#CCN(CC)CCOc1ccc(CNC(C)C)cc1. The van der Waals surface area contributed by atoms with Gasteiger partial charge in [-0.15, -0.1) is 6.42 Å². The molecule has 1 aromatic carbocycles. The van der Waals surface area contributed by atoms with Crippen molar-refractivity contribution >= 4 is 0 Å². The molecule has 3 heteroatoms. The van der Waals surface area contributed by atoms with E-state index in [1.54, 1.807) is 0 Å². The largest absolute Gasteiger partial charge is 0.492 e. The summed E-state index contributed by atoms with van der Waals surface area (Å²) >= 11 is 0. The lowest BCUT2D eigenvalue weighted by molar-refractivity contribution is 0.231. The van der Waals surface area contributed by atoms with Crippen LogP contribution in [0.15, 0.2) is 24.3 Å². The van der Waals surface area contributed by atoms with Crippen molar-refractivity contribution in [2.45, 2.75) is 33.4 Å². The molecular weight excluding hydrogens is 248 g/mol. The summed E-state index contributed by atoms with van der Waals surface area (Å²) in [6.45, 7) is 10.4. The molecule has 0 heterocycles. The number of hydrogen-bond donors (Lipinski definition) is 1. The third kappa shape index (κ3) is 6.60. The molecule has 3 nitrogen and oxygen atoms in total. The minimum Gasteiger partial charge on any atom is -0.492 e. The molecule has 0 amide bonds. The Morgan fingerprint density at radius 1 is 1.30 bits per heavy atom. The van der Waals surface area contributed by atoms with Crippen LogP contribution in [0.4, 0.5) is 0 Å². The van der Waals surface area contributed by atoms with Gasteiger partial charge in [0.25, 0.3) is 0 Å². The van der Waals surface area contributed by atoms with Crippen molar-refractivity contribution in [1.29, 1.82) is 0 Å². The van der Waals surface area contributed by atoms with Crippen LogP contribution in [-0.2, 0) is 6.54 Å². The van der Waals surface area contributed by atoms with Gasteiger partial charge < -0.3 is 10.1 Å². The van der Waals surface area contributed by atoms with Crippen molar-refractivity contribution in [3.8, 4) is 18.1 Å². The van der Waals surface area contributed by atoms with Gasteiger partial charge in [-0.2, -0.15) is 0 Å². The summed E-state index contributed by atoms with van der Waals surface area (Å²) in [7, 11) is 0. The molecule has 20 heavy (non-hydrogen) atoms. The van der Waals surface area contributed by atoms with E-state index in [9.17, 15) is 0 Å². The lowest BCUT2D eigenvalue weighted by atomic mass is 10.2. The summed E-state index contributed by atoms with van der Waals surface area (Å²) in [5, 5.41) is 3.39. The molecule has 0 aliphatic heterocycles. The van der Waals surface area contributed by atoms with Crippen LogP contribution >= 0.6 is 0 Å². The Labute approximate surface area is 123 Å². The van der Waals surface area contributed by atoms with E-state index in [1.165, 1.54) is 5.56 Å². The highest BCUT2D eigenvalue weighted by molar-refractivity contribution is 5.27. The minimum atomic E-state index is 0.502. The normalized spacial score (nSPS) is 10.8. The Morgan fingerprint density at radius 2 is 2.00 bits per heavy atom. The first-order chi connectivity index (χ1) is 9.65. The summed E-state index contributed by atoms with van der Waals surface area (Å²) in [4.78, 5) is 2.18. The average Bonchev–Trinajstić information content (AvgIpc) is 2.45. The van der Waals surface area contributed by atoms with Crippen molar-refractivity contribution in [1.82, 2.24) is 10.2 Å². The van der Waals surface area contributed by atoms with Crippen molar-refractivity contribution in [2.24, 2.45) is 0 Å². The summed E-state index contributed by atoms with van der Waals surface area (Å²) in [5.41, 5.74) is 1.27. The Hall–Kier alpha value is -1.50. The Morgan fingerprint density at radius 3 is 2.55 bits per heavy atom. The van der Waals surface area contributed by atoms with Gasteiger partial charge in [0.15, 0.2) is 0 Å². The van der Waals surface area contributed by atoms with Crippen molar-refractivity contribution in [2.75, 3.05) is 26.2 Å². The van der Waals surface area contributed by atoms with Gasteiger partial charge in [0, 0.05) is 19.1 Å². The van der Waals surface area contributed by atoms with Crippen LogP contribution < -0.4 is 10.1 Å². The van der Waals surface area contributed by atoms with Gasteiger partial charge >= 0.3 is 0 Å². The Balaban J connectivity index is 2.32. The monoisotopic (exact) mass is 274 g/mol. The van der Waals surface area contributed by atoms with Crippen LogP contribution in [0.3, 0.4) is 0 Å². The van der Waals surface area contributed by atoms with Crippen LogP contribution in [0.1, 0.15) is 26.3 Å². The van der Waals surface area contributed by atoms with Crippen LogP contribution in [0.2, 0.25) is 0 Å². The molecule has 0 fully saturated rings. The molecule has 1 aromatic rings. The number of hydrogen-bond acceptors (Lipinski definition) is 3. The van der Waals surface area contributed by atoms with Gasteiger partial charge in [-0.25, -0.2) is 0 Å². The summed E-state index contributed by atoms with van der Waals surface area (Å²) in [6.07, 6.45) is 5.32. The summed E-state index contributed by atoms with van der Waals surface area (Å²) < 4.78 is 5.73. The third-order valence-corrected chi connectivity index (χ3v) is 3.08. The van der Waals surface area contributed by atoms with Crippen LogP contribution in [0.25, 0.3) is 0 Å². The van der Waals surface area contributed by atoms with Gasteiger partial charge in [-0.1, -0.05) is 38.8 Å². The molecule has 1 N–H and O–H groups in total. The summed E-state index contributed by atoms with van der Waals surface area (Å²) in [5.74, 6) is 3.57. The molecule has 110 valence electrons. The van der Waals surface area contributed by atoms with Crippen molar-refractivity contribution in [3.05, 3.63) is 29.8 Å². The quantitative estimate of drug-likeness (QED) is 0.700. The second-order valence-electron chi connectivity index (χ2n) is 5.10. The maximum atomic E-state index is 5.73. The van der Waals surface area contributed by atoms with Crippen LogP contribution in [-0.4, -0.2) is 37.2 Å². The molecule has 0 aliphatic carbocycles. The number of nitrogens with zero attached hydrogens (tertiary/aromatic N) is 1. The fraction of sp³-hybridized carbons (Fsp3) is 0.529. The second kappa shape index (κ2) is 9.41. The molecule has 0 saturated heterocycles. The van der Waals surface area contributed by atoms with Gasteiger partial charge in [0.05, 0.1) is 6.54 Å². The molecule has 0 saturated carbocycles. The smallest absolute Gasteiger partial charge is 0.119 e. The van der Waals surface area contributed by atoms with Gasteiger partial charge in [0.2, 0.25) is 0 Å². The number of likely N-dealkylation sites (N-methyl/N-ethyl adjacent to an activating group) is 1. The number of terminal acetylenes is 1. The van der Waals surface area contributed by atoms with Crippen LogP contribution in [0, 0.1) is 12.3 Å². The lowest BCUT2D eigenvalue weighted by Crippen LogP contribution is -2.28. The predicted octanol–water partition coefficient (Wildman–Crippen LogP) is 2.52. The molecule has 0 aliphatic rings. The van der Waals surface area contributed by atoms with E-state index in [2.05, 4.69) is 49.0 Å². The van der Waals surface area contributed by atoms with Gasteiger partial charge in [0.1, 0.15) is 12.4 Å². The van der Waals surface area contributed by atoms with Gasteiger partial charge in [-0.05, 0) is 24.2 Å². The maximum absolute atomic E-state index is 5.73. The van der Waals surface area contributed by atoms with E-state index in [1.807, 2.05) is 12.1 Å². The lowest BCUT2D eigenvalue weighted by Gasteiger charge is -2.17. The number of benzene rings is 1. The first-order valence-corrected chi connectivity index (χ1v) is 7.26. The molecular formula is C17H26N2O. The first kappa shape index (κ1) is 16.6. The zero-order valence-electron chi connectivity index (χ0n) is 12.9. The van der Waals surface area contributed by atoms with E-state index < -0.39 is 0 Å². The van der Waals surface area contributed by atoms with E-state index in [0.29, 0.717) is 19.2 Å². The fourth-order valence-corrected chi connectivity index (χ4v) is 1.80. The summed E-state index contributed by atoms with van der Waals surface area (Å²) in [6, 6.07) is 8.75. The molecule has 1 rings (SSSR count). The Kier molecular flexibility index (Phi) is 7.79. The molecule has 0 atom stereocenters. The standard InChI is InChI=1S/C17H26N2O/c1-5-11-19(6-2)12-13-20-17-9-7-16(8-10-17)14-18-15(3)4/h1,7-10,15,18H,6,11-14H2,2-4H3. The first-order valence-electron chi connectivity index (χ1n) is 7.26. The molecule has 0 bridgehead atoms. The second-order valence-corrected chi connectivity index (χ2v) is 5.10. The molecule has 0 radical (unpaired) electrons. The van der Waals surface area contributed by atoms with Crippen molar-refractivity contribution in [3.63, 3.8) is 0 Å².